The van der Waals surface area contributed by atoms with Gasteiger partial charge in [0, 0.05) is 82.2 Å². The van der Waals surface area contributed by atoms with Crippen molar-refractivity contribution >= 4 is 58.0 Å². The Labute approximate surface area is 335 Å². The van der Waals surface area contributed by atoms with Gasteiger partial charge in [-0.25, -0.2) is 4.79 Å². The number of hydrogen-bond donors (Lipinski definition) is 2. The van der Waals surface area contributed by atoms with Crippen LogP contribution in [-0.2, 0) is 16.0 Å². The molecule has 1 aromatic heterocycles. The fourth-order valence-corrected chi connectivity index (χ4v) is 9.15. The molecule has 0 unspecified atom stereocenters. The molecule has 292 valence electrons. The number of piperidine rings is 1. The maximum Gasteiger partial charge on any atom is 0.324 e. The first-order valence-corrected chi connectivity index (χ1v) is 20.5. The van der Waals surface area contributed by atoms with E-state index < -0.39 is 0 Å². The van der Waals surface area contributed by atoms with Crippen LogP contribution in [0.25, 0.3) is 22.7 Å². The lowest BCUT2D eigenvalue weighted by molar-refractivity contribution is -0.135. The number of aromatic amines is 1. The van der Waals surface area contributed by atoms with Crippen molar-refractivity contribution in [1.82, 2.24) is 29.9 Å². The zero-order valence-electron chi connectivity index (χ0n) is 32.8. The highest BCUT2D eigenvalue weighted by Gasteiger charge is 2.44. The summed E-state index contributed by atoms with van der Waals surface area (Å²) in [5, 5.41) is 4.89. The molecule has 0 saturated carbocycles. The highest BCUT2D eigenvalue weighted by molar-refractivity contribution is 7.99. The SMILES string of the molecule is C=CCN1C[C@H](C(=O)N(CCCN(C)C)C(=O)NCC)C[C@@H]2c3cccc4[nH]cc(c34)C[C@H]21.CN(C)CCOC1=Cc2ccccc2Sc2ccc(Cl)cc21. The van der Waals surface area contributed by atoms with Crippen LogP contribution in [0.15, 0.2) is 89.3 Å². The van der Waals surface area contributed by atoms with Crippen LogP contribution in [0.5, 0.6) is 0 Å². The van der Waals surface area contributed by atoms with Gasteiger partial charge in [0.05, 0.1) is 5.92 Å². The molecule has 11 heteroatoms. The van der Waals surface area contributed by atoms with E-state index in [1.807, 2.05) is 53.3 Å². The van der Waals surface area contributed by atoms with Crippen LogP contribution in [0.3, 0.4) is 0 Å². The van der Waals surface area contributed by atoms with E-state index >= 15 is 0 Å². The van der Waals surface area contributed by atoms with Gasteiger partial charge >= 0.3 is 6.03 Å². The first-order valence-electron chi connectivity index (χ1n) is 19.3. The molecule has 1 fully saturated rings. The summed E-state index contributed by atoms with van der Waals surface area (Å²) < 4.78 is 6.06. The third-order valence-corrected chi connectivity index (χ3v) is 11.9. The summed E-state index contributed by atoms with van der Waals surface area (Å²) in [7, 11) is 8.10. The van der Waals surface area contributed by atoms with Gasteiger partial charge in [0.15, 0.2) is 0 Å². The number of H-pyrrole nitrogens is 1. The second kappa shape index (κ2) is 18.7. The van der Waals surface area contributed by atoms with Gasteiger partial charge in [0.2, 0.25) is 5.91 Å². The van der Waals surface area contributed by atoms with Crippen LogP contribution in [0, 0.1) is 5.92 Å². The van der Waals surface area contributed by atoms with E-state index in [4.69, 9.17) is 16.3 Å². The van der Waals surface area contributed by atoms with Crippen molar-refractivity contribution in [1.29, 1.82) is 0 Å². The highest BCUT2D eigenvalue weighted by Crippen LogP contribution is 2.45. The van der Waals surface area contributed by atoms with E-state index in [9.17, 15) is 9.59 Å². The fraction of sp³-hybridized carbons (Fsp3) is 0.409. The van der Waals surface area contributed by atoms with Gasteiger partial charge in [0.1, 0.15) is 12.4 Å². The molecule has 7 rings (SSSR count). The number of imide groups is 1. The second-order valence-corrected chi connectivity index (χ2v) is 16.6. The third-order valence-electron chi connectivity index (χ3n) is 10.5. The van der Waals surface area contributed by atoms with Gasteiger partial charge in [-0.2, -0.15) is 0 Å². The number of benzene rings is 3. The first kappa shape index (κ1) is 40.6. The van der Waals surface area contributed by atoms with E-state index in [1.54, 1.807) is 11.8 Å². The van der Waals surface area contributed by atoms with Crippen molar-refractivity contribution in [2.24, 2.45) is 5.92 Å². The molecule has 1 aliphatic carbocycles. The Balaban J connectivity index is 0.000000203. The largest absolute Gasteiger partial charge is 0.492 e. The molecule has 3 amide bonds. The lowest BCUT2D eigenvalue weighted by Gasteiger charge is -2.47. The van der Waals surface area contributed by atoms with E-state index in [0.717, 1.165) is 60.8 Å². The number of halogens is 1. The maximum absolute atomic E-state index is 13.7. The zero-order valence-corrected chi connectivity index (χ0v) is 34.4. The average molecular weight is 783 g/mol. The molecule has 9 nitrogen and oxygen atoms in total. The Morgan fingerprint density at radius 1 is 1.04 bits per heavy atom. The molecule has 3 aromatic carbocycles. The molecular formula is C44H55ClN6O3S. The molecule has 2 N–H and O–H groups in total. The standard InChI is InChI=1S/C26H37N5O2.C18H18ClNOS/c1-5-11-30-17-19(25(32)31(26(33)27-6-2)13-8-12-29(3)4)14-21-20-9-7-10-22-24(20)18(16-28-22)15-23(21)30;1-20(2)9-10-21-16-11-13-5-3-4-6-17(13)22-18-8-7-14(19)12-15(16)18/h5,7,9-10,16,19,21,23,28H,1,6,8,11-15,17H2,2-4H3,(H,27,33);3-8,11-12H,9-10H2,1-2H3/t19-,21-,23-;/m1./s1. The number of nitrogens with zero attached hydrogens (tertiary/aromatic N) is 4. The zero-order chi connectivity index (χ0) is 39.1. The minimum Gasteiger partial charge on any atom is -0.492 e. The summed E-state index contributed by atoms with van der Waals surface area (Å²) >= 11 is 7.95. The van der Waals surface area contributed by atoms with Crippen LogP contribution in [0.2, 0.25) is 5.02 Å². The molecule has 2 aliphatic heterocycles. The molecule has 0 radical (unpaired) electrons. The van der Waals surface area contributed by atoms with E-state index in [0.29, 0.717) is 32.3 Å². The Kier molecular flexibility index (Phi) is 13.8. The van der Waals surface area contributed by atoms with E-state index in [-0.39, 0.29) is 23.8 Å². The molecule has 3 aliphatic rings. The number of carbonyl (C=O) groups is 2. The number of hydrogen-bond acceptors (Lipinski definition) is 7. The molecule has 55 heavy (non-hydrogen) atoms. The summed E-state index contributed by atoms with van der Waals surface area (Å²) in [6, 6.07) is 20.8. The number of rotatable bonds is 12. The third kappa shape index (κ3) is 9.67. The van der Waals surface area contributed by atoms with E-state index in [1.165, 1.54) is 36.8 Å². The predicted octanol–water partition coefficient (Wildman–Crippen LogP) is 8.07. The smallest absolute Gasteiger partial charge is 0.324 e. The average Bonchev–Trinajstić information content (AvgIpc) is 3.51. The molecule has 3 heterocycles. The molecule has 0 spiro atoms. The van der Waals surface area contributed by atoms with Crippen molar-refractivity contribution in [3.05, 3.63) is 107 Å². The number of ether oxygens (including phenoxy) is 1. The van der Waals surface area contributed by atoms with Crippen molar-refractivity contribution in [3.63, 3.8) is 0 Å². The van der Waals surface area contributed by atoms with Gasteiger partial charge in [-0.05, 0) is 114 Å². The Morgan fingerprint density at radius 2 is 1.84 bits per heavy atom. The van der Waals surface area contributed by atoms with Crippen LogP contribution in [-0.4, -0.2) is 117 Å². The maximum atomic E-state index is 13.7. The summed E-state index contributed by atoms with van der Waals surface area (Å²) in [6.07, 6.45) is 8.67. The Bertz CT molecular complexity index is 2010. The summed E-state index contributed by atoms with van der Waals surface area (Å²) in [6.45, 7) is 10.6. The molecular weight excluding hydrogens is 728 g/mol. The molecule has 3 atom stereocenters. The molecule has 0 bridgehead atoms. The minimum atomic E-state index is -0.280. The van der Waals surface area contributed by atoms with Crippen LogP contribution >= 0.6 is 23.4 Å². The Morgan fingerprint density at radius 3 is 2.60 bits per heavy atom. The second-order valence-electron chi connectivity index (χ2n) is 15.1. The van der Waals surface area contributed by atoms with E-state index in [2.05, 4.69) is 92.4 Å². The van der Waals surface area contributed by atoms with Gasteiger partial charge in [-0.3, -0.25) is 14.6 Å². The van der Waals surface area contributed by atoms with Crippen molar-refractivity contribution in [2.75, 3.05) is 74.1 Å². The lowest BCUT2D eigenvalue weighted by atomic mass is 9.72. The van der Waals surface area contributed by atoms with Crippen molar-refractivity contribution < 1.29 is 14.3 Å². The monoisotopic (exact) mass is 782 g/mol. The number of likely N-dealkylation sites (N-methyl/N-ethyl adjacent to an activating group) is 1. The fourth-order valence-electron chi connectivity index (χ4n) is 7.95. The number of aromatic nitrogens is 1. The summed E-state index contributed by atoms with van der Waals surface area (Å²) in [4.78, 5) is 40.4. The first-order chi connectivity index (χ1) is 26.6. The summed E-state index contributed by atoms with van der Waals surface area (Å²) in [5.41, 5.74) is 6.08. The van der Waals surface area contributed by atoms with Crippen molar-refractivity contribution in [3.8, 4) is 0 Å². The van der Waals surface area contributed by atoms with Gasteiger partial charge in [-0.15, -0.1) is 6.58 Å². The number of amides is 3. The van der Waals surface area contributed by atoms with Crippen molar-refractivity contribution in [2.45, 2.75) is 47.9 Å². The highest BCUT2D eigenvalue weighted by atomic mass is 35.5. The molecule has 4 aromatic rings. The number of likely N-dealkylation sites (tertiary alicyclic amines) is 1. The van der Waals surface area contributed by atoms with Crippen LogP contribution in [0.4, 0.5) is 4.79 Å². The number of fused-ring (bicyclic) bond motifs is 4. The summed E-state index contributed by atoms with van der Waals surface area (Å²) in [5.74, 6) is 0.873. The van der Waals surface area contributed by atoms with Crippen LogP contribution < -0.4 is 5.32 Å². The lowest BCUT2D eigenvalue weighted by Crippen LogP contribution is -2.55. The minimum absolute atomic E-state index is 0.0562. The van der Waals surface area contributed by atoms with Gasteiger partial charge in [0.25, 0.3) is 0 Å². The topological polar surface area (TPSA) is 84.2 Å². The number of carbonyl (C=O) groups excluding carboxylic acids is 2. The quantitative estimate of drug-likeness (QED) is 0.141. The Hall–Kier alpha value is -4.06. The van der Waals surface area contributed by atoms with Gasteiger partial charge < -0.3 is 24.8 Å². The van der Waals surface area contributed by atoms with Gasteiger partial charge in [-0.1, -0.05) is 59.8 Å². The van der Waals surface area contributed by atoms with Crippen LogP contribution in [0.1, 0.15) is 47.9 Å². The molecule has 1 saturated heterocycles. The number of nitrogens with one attached hydrogen (secondary N) is 2. The normalized spacial score (nSPS) is 18.6. The number of urea groups is 1. The predicted molar refractivity (Wildman–Crippen MR) is 227 cm³/mol.